The molecule has 2 N–H and O–H groups in total. The normalized spacial score (nSPS) is 10.0. The first-order valence-electron chi connectivity index (χ1n) is 4.84. The number of benzene rings is 1. The lowest BCUT2D eigenvalue weighted by Gasteiger charge is -2.07. The fourth-order valence-electron chi connectivity index (χ4n) is 1.30. The van der Waals surface area contributed by atoms with E-state index in [2.05, 4.69) is 10.3 Å². The van der Waals surface area contributed by atoms with Crippen molar-refractivity contribution in [2.24, 2.45) is 0 Å². The van der Waals surface area contributed by atoms with Gasteiger partial charge in [-0.15, -0.1) is 0 Å². The molecule has 5 heteroatoms. The molecule has 2 aromatic rings. The van der Waals surface area contributed by atoms with Gasteiger partial charge in [-0.1, -0.05) is 18.2 Å². The van der Waals surface area contributed by atoms with Gasteiger partial charge in [-0.3, -0.25) is 14.3 Å². The molecule has 0 saturated carbocycles. The van der Waals surface area contributed by atoms with Gasteiger partial charge in [-0.2, -0.15) is 0 Å². The quantitative estimate of drug-likeness (QED) is 0.791. The highest BCUT2D eigenvalue weighted by molar-refractivity contribution is 5.41. The Morgan fingerprint density at radius 3 is 2.56 bits per heavy atom. The minimum Gasteiger partial charge on any atom is -0.367 e. The third-order valence-corrected chi connectivity index (χ3v) is 2.12. The number of aromatic amines is 1. The summed E-state index contributed by atoms with van der Waals surface area (Å²) in [7, 11) is 0. The number of nitrogens with one attached hydrogen (secondary N) is 2. The average molecular weight is 217 g/mol. The van der Waals surface area contributed by atoms with Gasteiger partial charge in [0, 0.05) is 18.0 Å². The zero-order chi connectivity index (χ0) is 11.4. The van der Waals surface area contributed by atoms with Crippen molar-refractivity contribution in [1.29, 1.82) is 0 Å². The Morgan fingerprint density at radius 1 is 1.12 bits per heavy atom. The molecule has 0 aliphatic rings. The van der Waals surface area contributed by atoms with E-state index in [0.29, 0.717) is 6.67 Å². The van der Waals surface area contributed by atoms with Gasteiger partial charge in [0.05, 0.1) is 6.67 Å². The van der Waals surface area contributed by atoms with E-state index in [0.717, 1.165) is 5.69 Å². The van der Waals surface area contributed by atoms with Gasteiger partial charge in [-0.25, -0.2) is 4.79 Å². The number of hydrogen-bond donors (Lipinski definition) is 2. The maximum absolute atomic E-state index is 11.3. The topological polar surface area (TPSA) is 66.9 Å². The molecule has 0 aliphatic carbocycles. The number of aromatic nitrogens is 2. The highest BCUT2D eigenvalue weighted by Crippen LogP contribution is 2.04. The van der Waals surface area contributed by atoms with Crippen LogP contribution in [0.3, 0.4) is 0 Å². The molecule has 0 fully saturated rings. The zero-order valence-corrected chi connectivity index (χ0v) is 8.51. The zero-order valence-electron chi connectivity index (χ0n) is 8.51. The molecule has 0 amide bonds. The van der Waals surface area contributed by atoms with Crippen molar-refractivity contribution >= 4 is 5.69 Å². The Morgan fingerprint density at radius 2 is 1.88 bits per heavy atom. The largest absolute Gasteiger partial charge is 0.367 e. The number of rotatable bonds is 3. The summed E-state index contributed by atoms with van der Waals surface area (Å²) in [6.07, 6.45) is 1.46. The Kier molecular flexibility index (Phi) is 2.86. The Hall–Kier alpha value is -2.30. The average Bonchev–Trinajstić information content (AvgIpc) is 2.29. The maximum Gasteiger partial charge on any atom is 0.329 e. The smallest absolute Gasteiger partial charge is 0.329 e. The molecule has 0 saturated heterocycles. The summed E-state index contributed by atoms with van der Waals surface area (Å²) in [5.41, 5.74) is 0.109. The Balaban J connectivity index is 2.11. The maximum atomic E-state index is 11.3. The van der Waals surface area contributed by atoms with E-state index in [1.165, 1.54) is 16.8 Å². The van der Waals surface area contributed by atoms with Crippen molar-refractivity contribution in [1.82, 2.24) is 9.55 Å². The molecule has 5 nitrogen and oxygen atoms in total. The van der Waals surface area contributed by atoms with Crippen molar-refractivity contribution in [3.8, 4) is 0 Å². The molecule has 1 aromatic carbocycles. The van der Waals surface area contributed by atoms with Crippen LogP contribution < -0.4 is 16.6 Å². The SMILES string of the molecule is O=c1ccn(CNc2ccccc2)c(=O)[nH]1. The summed E-state index contributed by atoms with van der Waals surface area (Å²) < 4.78 is 1.38. The van der Waals surface area contributed by atoms with Crippen LogP contribution in [0, 0.1) is 0 Å². The predicted molar refractivity (Wildman–Crippen MR) is 61.4 cm³/mol. The van der Waals surface area contributed by atoms with Crippen LogP contribution in [0.1, 0.15) is 0 Å². The second-order valence-electron chi connectivity index (χ2n) is 3.28. The standard InChI is InChI=1S/C11H11N3O2/c15-10-6-7-14(11(16)13-10)8-12-9-4-2-1-3-5-9/h1-7,12H,8H2,(H,13,15,16). The van der Waals surface area contributed by atoms with Gasteiger partial charge < -0.3 is 5.32 Å². The fourth-order valence-corrected chi connectivity index (χ4v) is 1.30. The first kappa shape index (κ1) is 10.2. The molecule has 0 aliphatic heterocycles. The summed E-state index contributed by atoms with van der Waals surface area (Å²) >= 11 is 0. The third-order valence-electron chi connectivity index (χ3n) is 2.12. The molecule has 82 valence electrons. The molecule has 0 bridgehead atoms. The number of para-hydroxylation sites is 1. The van der Waals surface area contributed by atoms with Crippen LogP contribution in [0.4, 0.5) is 5.69 Å². The monoisotopic (exact) mass is 217 g/mol. The molecule has 0 unspecified atom stereocenters. The van der Waals surface area contributed by atoms with Crippen LogP contribution in [0.5, 0.6) is 0 Å². The van der Waals surface area contributed by atoms with Crippen molar-refractivity contribution in [2.75, 3.05) is 5.32 Å². The molecule has 16 heavy (non-hydrogen) atoms. The number of hydrogen-bond acceptors (Lipinski definition) is 3. The molecule has 0 radical (unpaired) electrons. The lowest BCUT2D eigenvalue weighted by atomic mass is 10.3. The lowest BCUT2D eigenvalue weighted by molar-refractivity contribution is 0.703. The van der Waals surface area contributed by atoms with Crippen LogP contribution in [-0.4, -0.2) is 9.55 Å². The molecule has 0 spiro atoms. The van der Waals surface area contributed by atoms with Gasteiger partial charge in [0.2, 0.25) is 0 Å². The van der Waals surface area contributed by atoms with Crippen LogP contribution in [0.2, 0.25) is 0 Å². The lowest BCUT2D eigenvalue weighted by Crippen LogP contribution is -2.30. The van der Waals surface area contributed by atoms with Crippen LogP contribution in [-0.2, 0) is 6.67 Å². The summed E-state index contributed by atoms with van der Waals surface area (Å²) in [6, 6.07) is 10.8. The van der Waals surface area contributed by atoms with Crippen LogP contribution >= 0.6 is 0 Å². The molecule has 1 aromatic heterocycles. The van der Waals surface area contributed by atoms with E-state index < -0.39 is 5.69 Å². The van der Waals surface area contributed by atoms with Gasteiger partial charge in [0.25, 0.3) is 5.56 Å². The fraction of sp³-hybridized carbons (Fsp3) is 0.0909. The third kappa shape index (κ3) is 2.38. The molecular formula is C11H11N3O2. The summed E-state index contributed by atoms with van der Waals surface area (Å²) in [5, 5.41) is 3.06. The van der Waals surface area contributed by atoms with E-state index in [4.69, 9.17) is 0 Å². The van der Waals surface area contributed by atoms with Crippen molar-refractivity contribution < 1.29 is 0 Å². The number of H-pyrrole nitrogens is 1. The molecule has 1 heterocycles. The van der Waals surface area contributed by atoms with Crippen molar-refractivity contribution in [3.05, 3.63) is 63.4 Å². The highest BCUT2D eigenvalue weighted by atomic mass is 16.2. The number of nitrogens with zero attached hydrogens (tertiary/aromatic N) is 1. The van der Waals surface area contributed by atoms with Gasteiger partial charge in [-0.05, 0) is 12.1 Å². The van der Waals surface area contributed by atoms with Crippen molar-refractivity contribution in [2.45, 2.75) is 6.67 Å². The van der Waals surface area contributed by atoms with E-state index in [1.54, 1.807) is 0 Å². The Bertz CT molecular complexity index is 572. The molecule has 2 rings (SSSR count). The van der Waals surface area contributed by atoms with E-state index in [9.17, 15) is 9.59 Å². The second kappa shape index (κ2) is 4.48. The summed E-state index contributed by atoms with van der Waals surface area (Å²) in [6.45, 7) is 0.319. The van der Waals surface area contributed by atoms with Gasteiger partial charge >= 0.3 is 5.69 Å². The summed E-state index contributed by atoms with van der Waals surface area (Å²) in [5.74, 6) is 0. The number of anilines is 1. The van der Waals surface area contributed by atoms with E-state index in [-0.39, 0.29) is 5.56 Å². The first-order valence-corrected chi connectivity index (χ1v) is 4.84. The minimum absolute atomic E-state index is 0.319. The predicted octanol–water partition coefficient (Wildman–Crippen LogP) is 0.606. The van der Waals surface area contributed by atoms with Crippen LogP contribution in [0.25, 0.3) is 0 Å². The van der Waals surface area contributed by atoms with E-state index in [1.807, 2.05) is 30.3 Å². The minimum atomic E-state index is -0.420. The second-order valence-corrected chi connectivity index (χ2v) is 3.28. The summed E-state index contributed by atoms with van der Waals surface area (Å²) in [4.78, 5) is 24.3. The first-order chi connectivity index (χ1) is 7.75. The van der Waals surface area contributed by atoms with Gasteiger partial charge in [0.15, 0.2) is 0 Å². The Labute approximate surface area is 91.4 Å². The molecule has 0 atom stereocenters. The van der Waals surface area contributed by atoms with Crippen molar-refractivity contribution in [3.63, 3.8) is 0 Å². The molecular weight excluding hydrogens is 206 g/mol. The highest BCUT2D eigenvalue weighted by Gasteiger charge is 1.95. The van der Waals surface area contributed by atoms with Crippen LogP contribution in [0.15, 0.2) is 52.2 Å². The van der Waals surface area contributed by atoms with E-state index >= 15 is 0 Å². The van der Waals surface area contributed by atoms with Gasteiger partial charge in [0.1, 0.15) is 0 Å².